The third kappa shape index (κ3) is 22.9. The molecule has 2 amide bonds. The van der Waals surface area contributed by atoms with Gasteiger partial charge in [0.2, 0.25) is 6.41 Å². The molecule has 180 valence electrons. The van der Waals surface area contributed by atoms with Crippen LogP contribution in [0.1, 0.15) is 41.5 Å². The van der Waals surface area contributed by atoms with Crippen molar-refractivity contribution in [1.29, 1.82) is 0 Å². The molecule has 30 heavy (non-hydrogen) atoms. The fraction of sp³-hybridized carbons (Fsp3) is 0.700. The van der Waals surface area contributed by atoms with E-state index in [4.69, 9.17) is 18.7 Å². The van der Waals surface area contributed by atoms with Crippen molar-refractivity contribution < 1.29 is 33.2 Å². The fourth-order valence-corrected chi connectivity index (χ4v) is 1.98. The minimum absolute atomic E-state index is 0.225. The Morgan fingerprint density at radius 1 is 1.07 bits per heavy atom. The third-order valence-corrected chi connectivity index (χ3v) is 3.51. The quantitative estimate of drug-likeness (QED) is 0.189. The minimum Gasteiger partial charge on any atom is -0.382 e. The van der Waals surface area contributed by atoms with Crippen LogP contribution >= 0.6 is 8.38 Å². The van der Waals surface area contributed by atoms with Crippen molar-refractivity contribution in [2.75, 3.05) is 41.6 Å². The summed E-state index contributed by atoms with van der Waals surface area (Å²) in [5, 5.41) is 2.00. The van der Waals surface area contributed by atoms with Gasteiger partial charge in [-0.05, 0) is 11.9 Å². The van der Waals surface area contributed by atoms with Gasteiger partial charge < -0.3 is 28.5 Å². The number of imide groups is 1. The first kappa shape index (κ1) is 36.0. The molecular weight excluding hydrogens is 411 g/mol. The average Bonchev–Trinajstić information content (AvgIpc) is 2.79. The van der Waals surface area contributed by atoms with Gasteiger partial charge in [0, 0.05) is 40.7 Å². The van der Waals surface area contributed by atoms with Crippen LogP contribution in [-0.4, -0.2) is 76.0 Å². The topological polar surface area (TPSA) is 107 Å². The summed E-state index contributed by atoms with van der Waals surface area (Å²) < 4.78 is 20.8. The lowest BCUT2D eigenvalue weighted by Gasteiger charge is -2.29. The molecule has 0 aromatic rings. The Kier molecular flexibility index (Phi) is 35.9. The number of nitrogens with one attached hydrogen (secondary N) is 1. The Hall–Kier alpha value is -1.35. The summed E-state index contributed by atoms with van der Waals surface area (Å²) in [4.78, 5) is 32.5. The van der Waals surface area contributed by atoms with Gasteiger partial charge in [0.1, 0.15) is 6.10 Å². The molecule has 2 N–H and O–H groups in total. The minimum atomic E-state index is -1.65. The van der Waals surface area contributed by atoms with Gasteiger partial charge in [-0.25, -0.2) is 0 Å². The van der Waals surface area contributed by atoms with Crippen LogP contribution in [-0.2, 0) is 28.3 Å². The maximum absolute atomic E-state index is 11.3. The van der Waals surface area contributed by atoms with Crippen molar-refractivity contribution in [2.45, 2.75) is 53.9 Å². The predicted molar refractivity (Wildman–Crippen MR) is 123 cm³/mol. The molecule has 0 rings (SSSR count). The molecule has 3 unspecified atom stereocenters. The smallest absolute Gasteiger partial charge is 0.251 e. The lowest BCUT2D eigenvalue weighted by Crippen LogP contribution is -2.38. The summed E-state index contributed by atoms with van der Waals surface area (Å²) in [6, 6.07) is 0. The largest absolute Gasteiger partial charge is 0.382 e. The van der Waals surface area contributed by atoms with E-state index in [2.05, 4.69) is 0 Å². The van der Waals surface area contributed by atoms with Gasteiger partial charge in [-0.1, -0.05) is 41.5 Å². The van der Waals surface area contributed by atoms with Gasteiger partial charge in [0.15, 0.2) is 14.6 Å². The van der Waals surface area contributed by atoms with E-state index in [1.54, 1.807) is 18.0 Å². The summed E-state index contributed by atoms with van der Waals surface area (Å²) in [5.41, 5.74) is 0. The summed E-state index contributed by atoms with van der Waals surface area (Å²) in [5.74, 6) is 0.948. The number of ether oxygens (including phenoxy) is 3. The van der Waals surface area contributed by atoms with E-state index in [0.29, 0.717) is 6.41 Å². The van der Waals surface area contributed by atoms with Crippen LogP contribution in [0, 0.1) is 0 Å². The maximum Gasteiger partial charge on any atom is 0.251 e. The number of likely N-dealkylation sites (N-methyl/N-ethyl adjacent to an activating group) is 1. The van der Waals surface area contributed by atoms with E-state index >= 15 is 0 Å². The van der Waals surface area contributed by atoms with Crippen molar-refractivity contribution in [3.63, 3.8) is 0 Å². The Bertz CT molecular complexity index is 424. The monoisotopic (exact) mass is 454 g/mol. The summed E-state index contributed by atoms with van der Waals surface area (Å²) in [6.45, 7) is 12.5. The zero-order valence-electron chi connectivity index (χ0n) is 20.2. The molecule has 0 radical (unpaired) electrons. The normalized spacial score (nSPS) is 12.9. The molecule has 0 aromatic carbocycles. The van der Waals surface area contributed by atoms with Gasteiger partial charge in [-0.3, -0.25) is 14.9 Å². The first-order valence-corrected chi connectivity index (χ1v) is 11.2. The van der Waals surface area contributed by atoms with Crippen molar-refractivity contribution >= 4 is 20.7 Å². The number of methoxy groups -OCH3 is 2. The van der Waals surface area contributed by atoms with Crippen molar-refractivity contribution in [1.82, 2.24) is 10.2 Å². The molecule has 0 fully saturated rings. The zero-order valence-corrected chi connectivity index (χ0v) is 21.1. The number of carbonyl (C=O) groups is 2. The van der Waals surface area contributed by atoms with E-state index in [1.165, 1.54) is 39.4 Å². The van der Waals surface area contributed by atoms with Gasteiger partial charge in [-0.2, -0.15) is 0 Å². The van der Waals surface area contributed by atoms with Crippen LogP contribution < -0.4 is 5.32 Å². The van der Waals surface area contributed by atoms with Gasteiger partial charge in [0.05, 0.1) is 13.2 Å². The van der Waals surface area contributed by atoms with Crippen LogP contribution in [0.3, 0.4) is 0 Å². The number of nitrogens with zero attached hydrogens (tertiary/aromatic N) is 1. The average molecular weight is 455 g/mol. The highest BCUT2D eigenvalue weighted by molar-refractivity contribution is 7.49. The second kappa shape index (κ2) is 29.8. The lowest BCUT2D eigenvalue weighted by atomic mass is 10.3. The highest BCUT2D eigenvalue weighted by atomic mass is 31.2. The standard InChI is InChI=1S/C14H25N2O7P.3C2H6/c1-16(7-5-13(18)15-11-17)14(10-21-3)23-12(9-20-2)6-8-24(19)22-4;3*1-2/h5-8,11-12,14,19H,9-10H2,1-4H3,(H,15,17,18);3*1-2H3/b7-5-,8-6+;;;. The second-order valence-corrected chi connectivity index (χ2v) is 5.74. The SMILES string of the molecule is CC.CC.CC.COCC(/C=C/P(O)OC)OC(COC)N(C)/C=C\C(=O)NC=O. The zero-order chi connectivity index (χ0) is 24.4. The van der Waals surface area contributed by atoms with Crippen molar-refractivity contribution in [3.05, 3.63) is 24.2 Å². The molecule has 0 aromatic heterocycles. The van der Waals surface area contributed by atoms with Gasteiger partial charge in [0.25, 0.3) is 5.91 Å². The lowest BCUT2D eigenvalue weighted by molar-refractivity contribution is -0.122. The van der Waals surface area contributed by atoms with Gasteiger partial charge >= 0.3 is 0 Å². The molecule has 0 aliphatic rings. The summed E-state index contributed by atoms with van der Waals surface area (Å²) in [6.07, 6.45) is 3.62. The molecule has 9 nitrogen and oxygen atoms in total. The Morgan fingerprint density at radius 2 is 1.60 bits per heavy atom. The van der Waals surface area contributed by atoms with E-state index in [9.17, 15) is 14.5 Å². The molecule has 0 aliphatic carbocycles. The molecule has 0 bridgehead atoms. The Balaban J connectivity index is -0.000000512. The predicted octanol–water partition coefficient (Wildman–Crippen LogP) is 3.25. The number of amides is 2. The van der Waals surface area contributed by atoms with Crippen LogP contribution in [0.2, 0.25) is 0 Å². The Labute approximate surface area is 184 Å². The molecule has 0 saturated carbocycles. The van der Waals surface area contributed by atoms with E-state index in [0.717, 1.165) is 0 Å². The molecular formula is C20H43N2O7P. The van der Waals surface area contributed by atoms with Crippen LogP contribution in [0.25, 0.3) is 0 Å². The third-order valence-electron chi connectivity index (χ3n) is 2.70. The van der Waals surface area contributed by atoms with Crippen molar-refractivity contribution in [3.8, 4) is 0 Å². The number of hydrogen-bond donors (Lipinski definition) is 2. The maximum atomic E-state index is 11.3. The highest BCUT2D eigenvalue weighted by Crippen LogP contribution is 2.31. The Morgan fingerprint density at radius 3 is 2.03 bits per heavy atom. The number of hydrogen-bond acceptors (Lipinski definition) is 8. The fourth-order valence-electron chi connectivity index (χ4n) is 1.52. The van der Waals surface area contributed by atoms with Gasteiger partial charge in [-0.15, -0.1) is 0 Å². The number of carbonyl (C=O) groups excluding carboxylic acids is 2. The van der Waals surface area contributed by atoms with Crippen LogP contribution in [0.4, 0.5) is 0 Å². The number of rotatable bonds is 13. The van der Waals surface area contributed by atoms with E-state index in [1.807, 2.05) is 46.9 Å². The highest BCUT2D eigenvalue weighted by Gasteiger charge is 2.18. The van der Waals surface area contributed by atoms with Crippen LogP contribution in [0.5, 0.6) is 0 Å². The molecule has 0 spiro atoms. The summed E-state index contributed by atoms with van der Waals surface area (Å²) in [7, 11) is 4.49. The van der Waals surface area contributed by atoms with E-state index in [-0.39, 0.29) is 13.2 Å². The second-order valence-electron chi connectivity index (χ2n) is 4.47. The first-order chi connectivity index (χ1) is 14.5. The van der Waals surface area contributed by atoms with Crippen molar-refractivity contribution in [2.24, 2.45) is 0 Å². The summed E-state index contributed by atoms with van der Waals surface area (Å²) >= 11 is 0. The van der Waals surface area contributed by atoms with E-state index < -0.39 is 26.6 Å². The first-order valence-electron chi connectivity index (χ1n) is 9.96. The molecule has 3 atom stereocenters. The van der Waals surface area contributed by atoms with Crippen LogP contribution in [0.15, 0.2) is 24.2 Å². The molecule has 0 saturated heterocycles. The molecule has 10 heteroatoms. The molecule has 0 aliphatic heterocycles. The molecule has 0 heterocycles.